The van der Waals surface area contributed by atoms with Crippen LogP contribution in [0.5, 0.6) is 0 Å². The van der Waals surface area contributed by atoms with Crippen molar-refractivity contribution >= 4 is 27.3 Å². The molecule has 1 heterocycles. The van der Waals surface area contributed by atoms with E-state index in [4.69, 9.17) is 0 Å². The number of amides is 1. The predicted octanol–water partition coefficient (Wildman–Crippen LogP) is 2.36. The minimum absolute atomic E-state index is 0.119. The Kier molecular flexibility index (Phi) is 3.89. The lowest BCUT2D eigenvalue weighted by atomic mass is 9.91. The second-order valence-electron chi connectivity index (χ2n) is 5.85. The van der Waals surface area contributed by atoms with Crippen molar-refractivity contribution in [2.45, 2.75) is 32.1 Å². The van der Waals surface area contributed by atoms with Gasteiger partial charge in [-0.1, -0.05) is 31.4 Å². The van der Waals surface area contributed by atoms with E-state index < -0.39 is 10.0 Å². The first-order valence-electron chi connectivity index (χ1n) is 7.45. The first-order chi connectivity index (χ1) is 10.1. The SMILES string of the molecule is O=C1CN(S(=O)(=O)CC2CCCCC2)c2ccccc2N1. The molecule has 0 aromatic heterocycles. The molecule has 1 aromatic rings. The standard InChI is InChI=1S/C15H20N2O3S/c18-15-10-17(14-9-5-4-8-13(14)16-15)21(19,20)11-12-6-2-1-3-7-12/h4-5,8-9,12H,1-3,6-7,10-11H2,(H,16,18). The average molecular weight is 308 g/mol. The third-order valence-corrected chi connectivity index (χ3v) is 6.13. The Morgan fingerprint density at radius 2 is 1.86 bits per heavy atom. The smallest absolute Gasteiger partial charge is 0.245 e. The van der Waals surface area contributed by atoms with Crippen molar-refractivity contribution in [1.82, 2.24) is 0 Å². The van der Waals surface area contributed by atoms with Gasteiger partial charge in [0.15, 0.2) is 0 Å². The molecule has 1 aliphatic carbocycles. The summed E-state index contributed by atoms with van der Waals surface area (Å²) in [6.07, 6.45) is 5.36. The molecule has 114 valence electrons. The van der Waals surface area contributed by atoms with Crippen LogP contribution in [0.1, 0.15) is 32.1 Å². The molecule has 0 unspecified atom stereocenters. The zero-order valence-corrected chi connectivity index (χ0v) is 12.7. The molecule has 0 saturated heterocycles. The van der Waals surface area contributed by atoms with Crippen LogP contribution in [-0.2, 0) is 14.8 Å². The van der Waals surface area contributed by atoms with Crippen molar-refractivity contribution < 1.29 is 13.2 Å². The fourth-order valence-corrected chi connectivity index (χ4v) is 5.07. The van der Waals surface area contributed by atoms with Gasteiger partial charge < -0.3 is 5.32 Å². The van der Waals surface area contributed by atoms with Crippen LogP contribution in [0.4, 0.5) is 11.4 Å². The summed E-state index contributed by atoms with van der Waals surface area (Å²) in [4.78, 5) is 11.8. The largest absolute Gasteiger partial charge is 0.323 e. The van der Waals surface area contributed by atoms with E-state index in [2.05, 4.69) is 5.32 Å². The average Bonchev–Trinajstić information content (AvgIpc) is 2.47. The monoisotopic (exact) mass is 308 g/mol. The molecule has 5 nitrogen and oxygen atoms in total. The van der Waals surface area contributed by atoms with Gasteiger partial charge in [-0.25, -0.2) is 8.42 Å². The molecular formula is C15H20N2O3S. The van der Waals surface area contributed by atoms with Gasteiger partial charge in [0.1, 0.15) is 6.54 Å². The Morgan fingerprint density at radius 3 is 2.62 bits per heavy atom. The fourth-order valence-electron chi connectivity index (χ4n) is 3.19. The van der Waals surface area contributed by atoms with Gasteiger partial charge in [-0.3, -0.25) is 9.10 Å². The number of sulfonamides is 1. The number of nitrogens with one attached hydrogen (secondary N) is 1. The van der Waals surface area contributed by atoms with Crippen LogP contribution in [0, 0.1) is 5.92 Å². The van der Waals surface area contributed by atoms with E-state index in [1.807, 2.05) is 0 Å². The lowest BCUT2D eigenvalue weighted by Crippen LogP contribution is -2.44. The topological polar surface area (TPSA) is 66.5 Å². The summed E-state index contributed by atoms with van der Waals surface area (Å²) in [6.45, 7) is -0.119. The number of fused-ring (bicyclic) bond motifs is 1. The van der Waals surface area contributed by atoms with Crippen LogP contribution in [0.3, 0.4) is 0 Å². The van der Waals surface area contributed by atoms with Crippen LogP contribution in [0.2, 0.25) is 0 Å². The highest BCUT2D eigenvalue weighted by Crippen LogP contribution is 2.33. The van der Waals surface area contributed by atoms with Gasteiger partial charge >= 0.3 is 0 Å². The third-order valence-electron chi connectivity index (χ3n) is 4.24. The molecule has 1 aromatic carbocycles. The van der Waals surface area contributed by atoms with Gasteiger partial charge in [-0.05, 0) is 30.9 Å². The summed E-state index contributed by atoms with van der Waals surface area (Å²) in [7, 11) is -3.46. The number of benzene rings is 1. The molecule has 1 aliphatic heterocycles. The molecule has 6 heteroatoms. The first kappa shape index (κ1) is 14.4. The van der Waals surface area contributed by atoms with Crippen molar-refractivity contribution in [3.8, 4) is 0 Å². The number of nitrogens with zero attached hydrogens (tertiary/aromatic N) is 1. The molecule has 0 bridgehead atoms. The summed E-state index contributed by atoms with van der Waals surface area (Å²) in [5.74, 6) is 0.0936. The molecule has 2 aliphatic rings. The zero-order chi connectivity index (χ0) is 14.9. The van der Waals surface area contributed by atoms with E-state index in [-0.39, 0.29) is 24.1 Å². The highest BCUT2D eigenvalue weighted by molar-refractivity contribution is 7.92. The summed E-state index contributed by atoms with van der Waals surface area (Å²) in [5.41, 5.74) is 1.15. The van der Waals surface area contributed by atoms with Crippen molar-refractivity contribution in [2.75, 3.05) is 21.9 Å². The Morgan fingerprint density at radius 1 is 1.14 bits per heavy atom. The Bertz CT molecular complexity index is 636. The van der Waals surface area contributed by atoms with Crippen molar-refractivity contribution in [3.63, 3.8) is 0 Å². The van der Waals surface area contributed by atoms with Gasteiger partial charge in [0.05, 0.1) is 17.1 Å². The number of rotatable bonds is 3. The third kappa shape index (κ3) is 3.05. The molecule has 0 spiro atoms. The second kappa shape index (κ2) is 5.67. The maximum Gasteiger partial charge on any atom is 0.245 e. The molecule has 3 rings (SSSR count). The fraction of sp³-hybridized carbons (Fsp3) is 0.533. The summed E-state index contributed by atoms with van der Waals surface area (Å²) < 4.78 is 26.7. The number of para-hydroxylation sites is 2. The normalized spacial score (nSPS) is 20.0. The van der Waals surface area contributed by atoms with Crippen LogP contribution < -0.4 is 9.62 Å². The number of carbonyl (C=O) groups excluding carboxylic acids is 1. The number of hydrogen-bond donors (Lipinski definition) is 1. The van der Waals surface area contributed by atoms with Crippen LogP contribution in [0.25, 0.3) is 0 Å². The van der Waals surface area contributed by atoms with E-state index in [0.717, 1.165) is 25.7 Å². The van der Waals surface area contributed by atoms with Crippen LogP contribution in [0.15, 0.2) is 24.3 Å². The molecular weight excluding hydrogens is 288 g/mol. The van der Waals surface area contributed by atoms with Gasteiger partial charge in [-0.2, -0.15) is 0 Å². The van der Waals surface area contributed by atoms with Crippen LogP contribution in [-0.4, -0.2) is 26.6 Å². The molecule has 0 atom stereocenters. The Labute approximate surface area is 125 Å². The van der Waals surface area contributed by atoms with E-state index in [1.165, 1.54) is 10.7 Å². The Balaban J connectivity index is 1.86. The van der Waals surface area contributed by atoms with Crippen LogP contribution >= 0.6 is 0 Å². The maximum absolute atomic E-state index is 12.7. The molecule has 0 radical (unpaired) electrons. The number of anilines is 2. The summed E-state index contributed by atoms with van der Waals surface area (Å²) >= 11 is 0. The van der Waals surface area contributed by atoms with E-state index >= 15 is 0 Å². The lowest BCUT2D eigenvalue weighted by molar-refractivity contribution is -0.115. The minimum atomic E-state index is -3.46. The van der Waals surface area contributed by atoms with E-state index in [9.17, 15) is 13.2 Å². The highest BCUT2D eigenvalue weighted by atomic mass is 32.2. The number of hydrogen-bond acceptors (Lipinski definition) is 3. The Hall–Kier alpha value is -1.56. The van der Waals surface area contributed by atoms with Gasteiger partial charge in [0, 0.05) is 0 Å². The maximum atomic E-state index is 12.7. The van der Waals surface area contributed by atoms with Gasteiger partial charge in [-0.15, -0.1) is 0 Å². The predicted molar refractivity (Wildman–Crippen MR) is 82.8 cm³/mol. The van der Waals surface area contributed by atoms with E-state index in [0.29, 0.717) is 11.4 Å². The summed E-state index contributed by atoms with van der Waals surface area (Å²) in [6, 6.07) is 7.05. The van der Waals surface area contributed by atoms with Gasteiger partial charge in [0.25, 0.3) is 0 Å². The second-order valence-corrected chi connectivity index (χ2v) is 7.79. The first-order valence-corrected chi connectivity index (χ1v) is 9.06. The molecule has 1 saturated carbocycles. The van der Waals surface area contributed by atoms with E-state index in [1.54, 1.807) is 24.3 Å². The van der Waals surface area contributed by atoms with Crippen molar-refractivity contribution in [2.24, 2.45) is 5.92 Å². The quantitative estimate of drug-likeness (QED) is 0.932. The lowest BCUT2D eigenvalue weighted by Gasteiger charge is -2.32. The molecule has 1 fully saturated rings. The highest BCUT2D eigenvalue weighted by Gasteiger charge is 2.33. The minimum Gasteiger partial charge on any atom is -0.323 e. The number of carbonyl (C=O) groups is 1. The van der Waals surface area contributed by atoms with Gasteiger partial charge in [0.2, 0.25) is 15.9 Å². The zero-order valence-electron chi connectivity index (χ0n) is 11.9. The molecule has 1 N–H and O–H groups in total. The molecule has 21 heavy (non-hydrogen) atoms. The van der Waals surface area contributed by atoms with Crippen molar-refractivity contribution in [3.05, 3.63) is 24.3 Å². The van der Waals surface area contributed by atoms with Crippen molar-refractivity contribution in [1.29, 1.82) is 0 Å². The molecule has 1 amide bonds. The summed E-state index contributed by atoms with van der Waals surface area (Å²) in [5, 5.41) is 2.72.